The van der Waals surface area contributed by atoms with Gasteiger partial charge in [-0.05, 0) is 24.1 Å². The van der Waals surface area contributed by atoms with Crippen molar-refractivity contribution in [2.45, 2.75) is 5.92 Å². The SMILES string of the molecule is Cl.Cl.NC[C@@H]1CN(C(=O)c2cc(F)cc3nccnc23)C[C@H]1c1ccccc1. The van der Waals surface area contributed by atoms with E-state index in [2.05, 4.69) is 22.1 Å². The molecule has 2 heterocycles. The first kappa shape index (κ1) is 22.0. The predicted octanol–water partition coefficient (Wildman–Crippen LogP) is 3.43. The minimum absolute atomic E-state index is 0. The van der Waals surface area contributed by atoms with Gasteiger partial charge in [-0.1, -0.05) is 30.3 Å². The molecule has 1 amide bonds. The highest BCUT2D eigenvalue weighted by Gasteiger charge is 2.36. The number of hydrogen-bond acceptors (Lipinski definition) is 4. The zero-order chi connectivity index (χ0) is 18.1. The first-order valence-electron chi connectivity index (χ1n) is 8.62. The van der Waals surface area contributed by atoms with E-state index in [9.17, 15) is 9.18 Å². The Kier molecular flexibility index (Phi) is 7.29. The van der Waals surface area contributed by atoms with Crippen LogP contribution >= 0.6 is 24.8 Å². The summed E-state index contributed by atoms with van der Waals surface area (Å²) in [4.78, 5) is 23.2. The van der Waals surface area contributed by atoms with Gasteiger partial charge in [0.15, 0.2) is 0 Å². The van der Waals surface area contributed by atoms with Gasteiger partial charge in [0.1, 0.15) is 11.3 Å². The molecule has 0 unspecified atom stereocenters. The van der Waals surface area contributed by atoms with Crippen molar-refractivity contribution in [3.05, 3.63) is 71.8 Å². The van der Waals surface area contributed by atoms with E-state index < -0.39 is 5.82 Å². The summed E-state index contributed by atoms with van der Waals surface area (Å²) in [6, 6.07) is 12.6. The molecule has 1 aliphatic rings. The molecular formula is C20H21Cl2FN4O. The van der Waals surface area contributed by atoms with Crippen molar-refractivity contribution in [1.29, 1.82) is 0 Å². The molecule has 1 fully saturated rings. The number of amides is 1. The van der Waals surface area contributed by atoms with Crippen molar-refractivity contribution in [3.63, 3.8) is 0 Å². The Morgan fingerprint density at radius 2 is 1.82 bits per heavy atom. The molecule has 0 spiro atoms. The van der Waals surface area contributed by atoms with E-state index in [0.717, 1.165) is 0 Å². The molecule has 0 saturated carbocycles. The third kappa shape index (κ3) is 4.09. The van der Waals surface area contributed by atoms with Crippen molar-refractivity contribution >= 4 is 41.8 Å². The first-order chi connectivity index (χ1) is 12.7. The maximum atomic E-state index is 14.0. The van der Waals surface area contributed by atoms with Gasteiger partial charge in [0, 0.05) is 37.5 Å². The van der Waals surface area contributed by atoms with E-state index in [0.29, 0.717) is 30.7 Å². The van der Waals surface area contributed by atoms with Crippen LogP contribution in [0.1, 0.15) is 21.8 Å². The maximum absolute atomic E-state index is 14.0. The van der Waals surface area contributed by atoms with Crippen LogP contribution in [0.3, 0.4) is 0 Å². The average molecular weight is 423 g/mol. The molecule has 2 N–H and O–H groups in total. The quantitative estimate of drug-likeness (QED) is 0.701. The second-order valence-corrected chi connectivity index (χ2v) is 6.60. The normalized spacial score (nSPS) is 18.4. The second kappa shape index (κ2) is 9.28. The van der Waals surface area contributed by atoms with Crippen LogP contribution in [0, 0.1) is 11.7 Å². The Labute approximate surface area is 175 Å². The number of rotatable bonds is 3. The minimum atomic E-state index is -0.490. The second-order valence-electron chi connectivity index (χ2n) is 6.60. The largest absolute Gasteiger partial charge is 0.338 e. The summed E-state index contributed by atoms with van der Waals surface area (Å²) in [5, 5.41) is 0. The molecule has 8 heteroatoms. The van der Waals surface area contributed by atoms with Gasteiger partial charge in [-0.3, -0.25) is 14.8 Å². The third-order valence-electron chi connectivity index (χ3n) is 5.03. The van der Waals surface area contributed by atoms with Crippen LogP contribution in [0.4, 0.5) is 4.39 Å². The van der Waals surface area contributed by atoms with Crippen LogP contribution in [-0.4, -0.2) is 40.4 Å². The summed E-state index contributed by atoms with van der Waals surface area (Å²) in [6.45, 7) is 1.60. The number of nitrogens with two attached hydrogens (primary N) is 1. The lowest BCUT2D eigenvalue weighted by Gasteiger charge is -2.17. The van der Waals surface area contributed by atoms with Crippen molar-refractivity contribution in [3.8, 4) is 0 Å². The summed E-state index contributed by atoms with van der Waals surface area (Å²) in [5.74, 6) is -0.370. The first-order valence-corrected chi connectivity index (χ1v) is 8.62. The van der Waals surface area contributed by atoms with E-state index in [-0.39, 0.29) is 48.1 Å². The Morgan fingerprint density at radius 1 is 1.11 bits per heavy atom. The Hall–Kier alpha value is -2.28. The molecule has 0 radical (unpaired) electrons. The fourth-order valence-electron chi connectivity index (χ4n) is 3.73. The summed E-state index contributed by atoms with van der Waals surface area (Å²) in [7, 11) is 0. The fraction of sp³-hybridized carbons (Fsp3) is 0.250. The Balaban J connectivity index is 0.00000140. The topological polar surface area (TPSA) is 72.1 Å². The summed E-state index contributed by atoms with van der Waals surface area (Å²) in [6.07, 6.45) is 3.00. The monoisotopic (exact) mass is 422 g/mol. The van der Waals surface area contributed by atoms with Gasteiger partial charge in [0.2, 0.25) is 0 Å². The molecule has 1 aliphatic heterocycles. The number of hydrogen-bond donors (Lipinski definition) is 1. The highest BCUT2D eigenvalue weighted by Crippen LogP contribution is 2.33. The van der Waals surface area contributed by atoms with Crippen LogP contribution in [-0.2, 0) is 0 Å². The number of carbonyl (C=O) groups excluding carboxylic acids is 1. The number of carbonyl (C=O) groups is 1. The van der Waals surface area contributed by atoms with Gasteiger partial charge in [0.05, 0.1) is 11.1 Å². The standard InChI is InChI=1S/C20H19FN4O.2ClH/c21-15-8-16(19-18(9-15)23-6-7-24-19)20(26)25-11-14(10-22)17(12-25)13-4-2-1-3-5-13;;/h1-9,14,17H,10-12,22H2;2*1H/t14-,17+;;/m1../s1. The zero-order valence-corrected chi connectivity index (χ0v) is 16.6. The summed E-state index contributed by atoms with van der Waals surface area (Å²) in [5.41, 5.74) is 8.18. The van der Waals surface area contributed by atoms with Crippen molar-refractivity contribution < 1.29 is 9.18 Å². The maximum Gasteiger partial charge on any atom is 0.256 e. The lowest BCUT2D eigenvalue weighted by atomic mass is 9.89. The van der Waals surface area contributed by atoms with Gasteiger partial charge in [-0.15, -0.1) is 24.8 Å². The number of nitrogens with zero attached hydrogens (tertiary/aromatic N) is 3. The zero-order valence-electron chi connectivity index (χ0n) is 15.0. The van der Waals surface area contributed by atoms with Crippen molar-refractivity contribution in [2.75, 3.05) is 19.6 Å². The van der Waals surface area contributed by atoms with Gasteiger partial charge in [0.25, 0.3) is 5.91 Å². The van der Waals surface area contributed by atoms with Crippen LogP contribution in [0.2, 0.25) is 0 Å². The highest BCUT2D eigenvalue weighted by molar-refractivity contribution is 6.04. The van der Waals surface area contributed by atoms with Crippen molar-refractivity contribution in [1.82, 2.24) is 14.9 Å². The van der Waals surface area contributed by atoms with Crippen LogP contribution in [0.25, 0.3) is 11.0 Å². The number of fused-ring (bicyclic) bond motifs is 1. The fourth-order valence-corrected chi connectivity index (χ4v) is 3.73. The van der Waals surface area contributed by atoms with Gasteiger partial charge in [-0.2, -0.15) is 0 Å². The number of halogens is 3. The molecule has 2 atom stereocenters. The molecule has 2 aromatic carbocycles. The lowest BCUT2D eigenvalue weighted by Crippen LogP contribution is -2.30. The van der Waals surface area contributed by atoms with E-state index in [1.54, 1.807) is 4.90 Å². The number of likely N-dealkylation sites (tertiary alicyclic amines) is 1. The minimum Gasteiger partial charge on any atom is -0.338 e. The average Bonchev–Trinajstić information content (AvgIpc) is 3.12. The lowest BCUT2D eigenvalue weighted by molar-refractivity contribution is 0.0787. The molecule has 1 aromatic heterocycles. The van der Waals surface area contributed by atoms with Crippen LogP contribution in [0.15, 0.2) is 54.9 Å². The molecular weight excluding hydrogens is 402 g/mol. The molecule has 148 valence electrons. The van der Waals surface area contributed by atoms with Gasteiger partial charge >= 0.3 is 0 Å². The number of benzene rings is 2. The molecule has 0 aliphatic carbocycles. The van der Waals surface area contributed by atoms with Crippen LogP contribution < -0.4 is 5.73 Å². The summed E-state index contributed by atoms with van der Waals surface area (Å²) >= 11 is 0. The predicted molar refractivity (Wildman–Crippen MR) is 112 cm³/mol. The van der Waals surface area contributed by atoms with E-state index >= 15 is 0 Å². The van der Waals surface area contributed by atoms with E-state index in [1.165, 1.54) is 30.1 Å². The summed E-state index contributed by atoms with van der Waals surface area (Å²) < 4.78 is 14.0. The highest BCUT2D eigenvalue weighted by atomic mass is 35.5. The third-order valence-corrected chi connectivity index (χ3v) is 5.03. The molecule has 28 heavy (non-hydrogen) atoms. The molecule has 0 bridgehead atoms. The molecule has 3 aromatic rings. The van der Waals surface area contributed by atoms with Crippen LogP contribution in [0.5, 0.6) is 0 Å². The smallest absolute Gasteiger partial charge is 0.256 e. The molecule has 1 saturated heterocycles. The van der Waals surface area contributed by atoms with Crippen molar-refractivity contribution in [2.24, 2.45) is 11.7 Å². The number of aromatic nitrogens is 2. The van der Waals surface area contributed by atoms with E-state index in [4.69, 9.17) is 5.73 Å². The Morgan fingerprint density at radius 3 is 2.54 bits per heavy atom. The van der Waals surface area contributed by atoms with E-state index in [1.807, 2.05) is 18.2 Å². The Bertz CT molecular complexity index is 957. The van der Waals surface area contributed by atoms with Gasteiger partial charge < -0.3 is 10.6 Å². The molecule has 5 nitrogen and oxygen atoms in total. The van der Waals surface area contributed by atoms with Gasteiger partial charge in [-0.25, -0.2) is 4.39 Å². The molecule has 4 rings (SSSR count).